The molecule has 0 aliphatic carbocycles. The molecule has 3 aromatic rings. The molecule has 7 heteroatoms. The number of rotatable bonds is 4. The van der Waals surface area contributed by atoms with Gasteiger partial charge in [0, 0.05) is 35.8 Å². The Bertz CT molecular complexity index is 1250. The van der Waals surface area contributed by atoms with Crippen LogP contribution in [0.15, 0.2) is 65.6 Å². The van der Waals surface area contributed by atoms with Gasteiger partial charge in [-0.15, -0.1) is 0 Å². The Labute approximate surface area is 176 Å². The number of carbonyl (C=O) groups is 1. The fraction of sp³-hybridized carbons (Fsp3) is 0.174. The lowest BCUT2D eigenvalue weighted by Gasteiger charge is -2.31. The van der Waals surface area contributed by atoms with Crippen LogP contribution in [0, 0.1) is 6.92 Å². The van der Waals surface area contributed by atoms with Crippen LogP contribution in [-0.4, -0.2) is 28.5 Å². The summed E-state index contributed by atoms with van der Waals surface area (Å²) < 4.78 is 32.4. The molecule has 1 heterocycles. The number of nitrogens with one attached hydrogen (secondary N) is 1. The molecule has 0 aromatic heterocycles. The van der Waals surface area contributed by atoms with Gasteiger partial charge in [0.25, 0.3) is 15.9 Å². The highest BCUT2D eigenvalue weighted by Gasteiger charge is 2.33. The highest BCUT2D eigenvalue weighted by molar-refractivity contribution is 7.93. The molecule has 0 unspecified atom stereocenters. The standard InChI is InChI=1S/C23H22N2O4S/c1-15-12-17(23(26)24-14-16-8-4-6-10-20(16)29-3)13-19-18-9-5-7-11-21(18)30(27,28)25(2)22(15)19/h4-13H,14H2,1-3H3,(H,24,26). The molecule has 1 aliphatic rings. The van der Waals surface area contributed by atoms with E-state index >= 15 is 0 Å². The molecule has 6 nitrogen and oxygen atoms in total. The summed E-state index contributed by atoms with van der Waals surface area (Å²) in [5.41, 5.74) is 3.99. The Kier molecular flexibility index (Phi) is 4.99. The zero-order chi connectivity index (χ0) is 21.5. The number of aryl methyl sites for hydroxylation is 1. The summed E-state index contributed by atoms with van der Waals surface area (Å²) in [7, 11) is -0.492. The SMILES string of the molecule is COc1ccccc1CNC(=O)c1cc(C)c2c(c1)-c1ccccc1S(=O)(=O)N2C. The van der Waals surface area contributed by atoms with Crippen LogP contribution in [0.25, 0.3) is 11.1 Å². The van der Waals surface area contributed by atoms with Gasteiger partial charge in [-0.25, -0.2) is 8.42 Å². The fourth-order valence-corrected chi connectivity index (χ4v) is 5.33. The zero-order valence-corrected chi connectivity index (χ0v) is 17.8. The van der Waals surface area contributed by atoms with Crippen LogP contribution in [0.3, 0.4) is 0 Å². The predicted octanol–water partition coefficient (Wildman–Crippen LogP) is 3.74. The van der Waals surface area contributed by atoms with Crippen molar-refractivity contribution in [2.75, 3.05) is 18.5 Å². The van der Waals surface area contributed by atoms with Gasteiger partial charge in [-0.2, -0.15) is 0 Å². The number of anilines is 1. The van der Waals surface area contributed by atoms with Crippen molar-refractivity contribution in [2.24, 2.45) is 0 Å². The molecule has 154 valence electrons. The van der Waals surface area contributed by atoms with Crippen molar-refractivity contribution >= 4 is 21.6 Å². The van der Waals surface area contributed by atoms with Gasteiger partial charge in [0.05, 0.1) is 17.7 Å². The normalized spacial score (nSPS) is 13.9. The van der Waals surface area contributed by atoms with E-state index in [1.807, 2.05) is 31.2 Å². The molecule has 0 spiro atoms. The maximum atomic E-state index is 12.9. The van der Waals surface area contributed by atoms with Gasteiger partial charge in [0.1, 0.15) is 5.75 Å². The maximum Gasteiger partial charge on any atom is 0.264 e. The number of carbonyl (C=O) groups excluding carboxylic acids is 1. The van der Waals surface area contributed by atoms with Crippen LogP contribution >= 0.6 is 0 Å². The lowest BCUT2D eigenvalue weighted by molar-refractivity contribution is 0.0950. The number of fused-ring (bicyclic) bond motifs is 3. The van der Waals surface area contributed by atoms with Crippen LogP contribution in [0.4, 0.5) is 5.69 Å². The third-order valence-corrected chi connectivity index (χ3v) is 7.14. The number of hydrogen-bond acceptors (Lipinski definition) is 4. The van der Waals surface area contributed by atoms with E-state index in [2.05, 4.69) is 5.32 Å². The second kappa shape index (κ2) is 7.50. The Balaban J connectivity index is 1.72. The number of amides is 1. The summed E-state index contributed by atoms with van der Waals surface area (Å²) in [6, 6.07) is 17.8. The molecule has 1 amide bonds. The topological polar surface area (TPSA) is 75.7 Å². The number of methoxy groups -OCH3 is 1. The van der Waals surface area contributed by atoms with Crippen molar-refractivity contribution in [3.8, 4) is 16.9 Å². The number of hydrogen-bond donors (Lipinski definition) is 1. The molecule has 4 rings (SSSR count). The molecule has 1 aliphatic heterocycles. The summed E-state index contributed by atoms with van der Waals surface area (Å²) in [6.45, 7) is 2.14. The van der Waals surface area contributed by atoms with E-state index in [9.17, 15) is 13.2 Å². The second-order valence-corrected chi connectivity index (χ2v) is 9.09. The van der Waals surface area contributed by atoms with E-state index in [0.717, 1.165) is 16.7 Å². The summed E-state index contributed by atoms with van der Waals surface area (Å²) in [6.07, 6.45) is 0. The molecule has 0 bridgehead atoms. The van der Waals surface area contributed by atoms with E-state index in [4.69, 9.17) is 4.74 Å². The van der Waals surface area contributed by atoms with Gasteiger partial charge in [-0.05, 0) is 36.8 Å². The Hall–Kier alpha value is -3.32. The largest absolute Gasteiger partial charge is 0.496 e. The van der Waals surface area contributed by atoms with E-state index in [1.54, 1.807) is 50.6 Å². The third kappa shape index (κ3) is 3.21. The van der Waals surface area contributed by atoms with Crippen LogP contribution in [-0.2, 0) is 16.6 Å². The van der Waals surface area contributed by atoms with Crippen LogP contribution in [0.1, 0.15) is 21.5 Å². The van der Waals surface area contributed by atoms with Gasteiger partial charge in [0.2, 0.25) is 0 Å². The summed E-state index contributed by atoms with van der Waals surface area (Å²) in [5.74, 6) is 0.473. The minimum Gasteiger partial charge on any atom is -0.496 e. The lowest BCUT2D eigenvalue weighted by Crippen LogP contribution is -2.31. The second-order valence-electron chi connectivity index (χ2n) is 7.15. The van der Waals surface area contributed by atoms with Gasteiger partial charge in [0.15, 0.2) is 0 Å². The van der Waals surface area contributed by atoms with Gasteiger partial charge < -0.3 is 10.1 Å². The first-order valence-corrected chi connectivity index (χ1v) is 10.9. The van der Waals surface area contributed by atoms with Gasteiger partial charge in [-0.3, -0.25) is 9.10 Å². The average Bonchev–Trinajstić information content (AvgIpc) is 2.75. The number of nitrogens with zero attached hydrogens (tertiary/aromatic N) is 1. The number of para-hydroxylation sites is 1. The van der Waals surface area contributed by atoms with Crippen molar-refractivity contribution in [3.05, 3.63) is 77.4 Å². The molecule has 30 heavy (non-hydrogen) atoms. The zero-order valence-electron chi connectivity index (χ0n) is 17.0. The van der Waals surface area contributed by atoms with E-state index in [-0.39, 0.29) is 10.8 Å². The quantitative estimate of drug-likeness (QED) is 0.695. The number of ether oxygens (including phenoxy) is 1. The number of benzene rings is 3. The first kappa shape index (κ1) is 20.0. The molecule has 1 N–H and O–H groups in total. The van der Waals surface area contributed by atoms with Gasteiger partial charge in [-0.1, -0.05) is 36.4 Å². The Morgan fingerprint density at radius 1 is 1.03 bits per heavy atom. The minimum absolute atomic E-state index is 0.236. The van der Waals surface area contributed by atoms with Crippen molar-refractivity contribution < 1.29 is 17.9 Å². The van der Waals surface area contributed by atoms with Crippen molar-refractivity contribution in [2.45, 2.75) is 18.4 Å². The first-order chi connectivity index (χ1) is 14.3. The molecule has 3 aromatic carbocycles. The summed E-state index contributed by atoms with van der Waals surface area (Å²) in [5, 5.41) is 2.92. The van der Waals surface area contributed by atoms with Crippen molar-refractivity contribution in [3.63, 3.8) is 0 Å². The monoisotopic (exact) mass is 422 g/mol. The van der Waals surface area contributed by atoms with E-state index < -0.39 is 10.0 Å². The lowest BCUT2D eigenvalue weighted by atomic mass is 9.96. The molecule has 0 radical (unpaired) electrons. The fourth-order valence-electron chi connectivity index (χ4n) is 3.84. The average molecular weight is 423 g/mol. The molecule has 0 saturated carbocycles. The molecule has 0 atom stereocenters. The highest BCUT2D eigenvalue weighted by Crippen LogP contribution is 2.44. The van der Waals surface area contributed by atoms with Crippen LogP contribution in [0.2, 0.25) is 0 Å². The van der Waals surface area contributed by atoms with Crippen molar-refractivity contribution in [1.29, 1.82) is 0 Å². The molecular formula is C23H22N2O4S. The third-order valence-electron chi connectivity index (χ3n) is 5.33. The minimum atomic E-state index is -3.62. The smallest absolute Gasteiger partial charge is 0.264 e. The molecule has 0 saturated heterocycles. The van der Waals surface area contributed by atoms with E-state index in [0.29, 0.717) is 29.1 Å². The Morgan fingerprint density at radius 3 is 2.50 bits per heavy atom. The summed E-state index contributed by atoms with van der Waals surface area (Å²) in [4.78, 5) is 13.1. The molecular weight excluding hydrogens is 400 g/mol. The Morgan fingerprint density at radius 2 is 1.73 bits per heavy atom. The van der Waals surface area contributed by atoms with Crippen molar-refractivity contribution in [1.82, 2.24) is 5.32 Å². The first-order valence-electron chi connectivity index (χ1n) is 9.47. The number of sulfonamides is 1. The van der Waals surface area contributed by atoms with Crippen LogP contribution < -0.4 is 14.4 Å². The maximum absolute atomic E-state index is 12.9. The van der Waals surface area contributed by atoms with Gasteiger partial charge >= 0.3 is 0 Å². The predicted molar refractivity (Wildman–Crippen MR) is 116 cm³/mol. The van der Waals surface area contributed by atoms with Crippen LogP contribution in [0.5, 0.6) is 5.75 Å². The van der Waals surface area contributed by atoms with E-state index in [1.165, 1.54) is 4.31 Å². The highest BCUT2D eigenvalue weighted by atomic mass is 32.2. The summed E-state index contributed by atoms with van der Waals surface area (Å²) >= 11 is 0. The molecule has 0 fully saturated rings.